The highest BCUT2D eigenvalue weighted by Gasteiger charge is 2.40. The first-order chi connectivity index (χ1) is 13.9. The van der Waals surface area contributed by atoms with E-state index in [1.807, 2.05) is 0 Å². The van der Waals surface area contributed by atoms with Crippen LogP contribution in [0.3, 0.4) is 0 Å². The standard InChI is InChI=1S/C28H58S/c1-6-9-12-15-17-18-20-23-26-28(27(4,5)29,24-21-14-11-8-3)25-22-19-16-13-10-7-2/h29H,6-26H2,1-5H3. The molecule has 0 bridgehead atoms. The van der Waals surface area contributed by atoms with Crippen molar-refractivity contribution in [3.05, 3.63) is 0 Å². The lowest BCUT2D eigenvalue weighted by Gasteiger charge is -2.45. The largest absolute Gasteiger partial charge is 0.172 e. The van der Waals surface area contributed by atoms with Gasteiger partial charge in [0.2, 0.25) is 0 Å². The summed E-state index contributed by atoms with van der Waals surface area (Å²) in [6.07, 6.45) is 29.7. The molecule has 29 heavy (non-hydrogen) atoms. The summed E-state index contributed by atoms with van der Waals surface area (Å²) in [5.74, 6) is 0. The highest BCUT2D eigenvalue weighted by molar-refractivity contribution is 7.81. The Morgan fingerprint density at radius 1 is 0.414 bits per heavy atom. The van der Waals surface area contributed by atoms with Crippen LogP contribution in [-0.2, 0) is 0 Å². The molecule has 0 saturated heterocycles. The van der Waals surface area contributed by atoms with E-state index in [1.165, 1.54) is 135 Å². The van der Waals surface area contributed by atoms with Crippen molar-refractivity contribution in [2.24, 2.45) is 5.41 Å². The zero-order chi connectivity index (χ0) is 21.8. The van der Waals surface area contributed by atoms with Crippen LogP contribution in [0.25, 0.3) is 0 Å². The Morgan fingerprint density at radius 2 is 0.655 bits per heavy atom. The van der Waals surface area contributed by atoms with Gasteiger partial charge >= 0.3 is 0 Å². The van der Waals surface area contributed by atoms with Crippen LogP contribution < -0.4 is 0 Å². The predicted molar refractivity (Wildman–Crippen MR) is 139 cm³/mol. The Labute approximate surface area is 192 Å². The minimum atomic E-state index is 0.143. The maximum absolute atomic E-state index is 5.20. The van der Waals surface area contributed by atoms with Crippen molar-refractivity contribution in [1.29, 1.82) is 0 Å². The summed E-state index contributed by atoms with van der Waals surface area (Å²) in [4.78, 5) is 0. The number of thiol groups is 1. The van der Waals surface area contributed by atoms with E-state index in [9.17, 15) is 0 Å². The molecule has 1 unspecified atom stereocenters. The van der Waals surface area contributed by atoms with Gasteiger partial charge < -0.3 is 0 Å². The van der Waals surface area contributed by atoms with Crippen LogP contribution >= 0.6 is 12.6 Å². The third kappa shape index (κ3) is 14.9. The van der Waals surface area contributed by atoms with E-state index in [-0.39, 0.29) is 4.75 Å². The van der Waals surface area contributed by atoms with Crippen molar-refractivity contribution in [3.8, 4) is 0 Å². The minimum Gasteiger partial charge on any atom is -0.172 e. The summed E-state index contributed by atoms with van der Waals surface area (Å²) in [6.45, 7) is 11.8. The fourth-order valence-corrected chi connectivity index (χ4v) is 5.36. The molecule has 0 aliphatic heterocycles. The Morgan fingerprint density at radius 3 is 0.931 bits per heavy atom. The molecule has 0 heterocycles. The molecule has 0 nitrogen and oxygen atoms in total. The molecule has 176 valence electrons. The maximum atomic E-state index is 5.20. The van der Waals surface area contributed by atoms with Gasteiger partial charge in [0, 0.05) is 4.75 Å². The van der Waals surface area contributed by atoms with Gasteiger partial charge in [-0.05, 0) is 24.7 Å². The SMILES string of the molecule is CCCCCCCCCCC(CCCCCC)(CCCCCCCC)C(C)(C)S. The molecular weight excluding hydrogens is 368 g/mol. The first-order valence-electron chi connectivity index (χ1n) is 13.7. The van der Waals surface area contributed by atoms with Crippen LogP contribution in [0.15, 0.2) is 0 Å². The summed E-state index contributed by atoms with van der Waals surface area (Å²) in [5.41, 5.74) is 0.441. The zero-order valence-electron chi connectivity index (χ0n) is 21.3. The lowest BCUT2D eigenvalue weighted by molar-refractivity contribution is 0.147. The van der Waals surface area contributed by atoms with Gasteiger partial charge in [-0.15, -0.1) is 0 Å². The van der Waals surface area contributed by atoms with Crippen LogP contribution in [0.1, 0.15) is 169 Å². The summed E-state index contributed by atoms with van der Waals surface area (Å²) in [7, 11) is 0. The predicted octanol–water partition coefficient (Wildman–Crippen LogP) is 10.9. The van der Waals surface area contributed by atoms with Crippen LogP contribution in [0.5, 0.6) is 0 Å². The van der Waals surface area contributed by atoms with Crippen LogP contribution in [0, 0.1) is 5.41 Å². The molecule has 0 fully saturated rings. The van der Waals surface area contributed by atoms with E-state index in [0.29, 0.717) is 5.41 Å². The van der Waals surface area contributed by atoms with Gasteiger partial charge in [0.15, 0.2) is 0 Å². The molecular formula is C28H58S. The van der Waals surface area contributed by atoms with Crippen molar-refractivity contribution in [2.45, 2.75) is 174 Å². The van der Waals surface area contributed by atoms with Crippen molar-refractivity contribution in [3.63, 3.8) is 0 Å². The Bertz CT molecular complexity index is 330. The molecule has 0 rings (SSSR count). The average molecular weight is 427 g/mol. The first-order valence-corrected chi connectivity index (χ1v) is 14.1. The molecule has 0 aromatic carbocycles. The van der Waals surface area contributed by atoms with E-state index in [0.717, 1.165) is 0 Å². The molecule has 0 N–H and O–H groups in total. The topological polar surface area (TPSA) is 0 Å². The van der Waals surface area contributed by atoms with Crippen molar-refractivity contribution >= 4 is 12.6 Å². The van der Waals surface area contributed by atoms with Crippen molar-refractivity contribution < 1.29 is 0 Å². The molecule has 0 aromatic rings. The van der Waals surface area contributed by atoms with Gasteiger partial charge in [-0.3, -0.25) is 0 Å². The van der Waals surface area contributed by atoms with Crippen molar-refractivity contribution in [1.82, 2.24) is 0 Å². The average Bonchev–Trinajstić information content (AvgIpc) is 2.68. The van der Waals surface area contributed by atoms with Gasteiger partial charge in [0.1, 0.15) is 0 Å². The molecule has 1 heteroatoms. The molecule has 1 atom stereocenters. The number of hydrogen-bond donors (Lipinski definition) is 1. The Hall–Kier alpha value is 0.350. The number of hydrogen-bond acceptors (Lipinski definition) is 1. The summed E-state index contributed by atoms with van der Waals surface area (Å²) < 4.78 is 0.143. The molecule has 0 aromatic heterocycles. The second-order valence-electron chi connectivity index (χ2n) is 10.4. The van der Waals surface area contributed by atoms with Gasteiger partial charge in [-0.25, -0.2) is 0 Å². The fraction of sp³-hybridized carbons (Fsp3) is 1.00. The third-order valence-corrected chi connectivity index (χ3v) is 7.80. The number of rotatable bonds is 22. The normalized spacial score (nSPS) is 14.3. The highest BCUT2D eigenvalue weighted by atomic mass is 32.1. The lowest BCUT2D eigenvalue weighted by atomic mass is 9.66. The van der Waals surface area contributed by atoms with E-state index < -0.39 is 0 Å². The van der Waals surface area contributed by atoms with Gasteiger partial charge in [0.25, 0.3) is 0 Å². The van der Waals surface area contributed by atoms with Gasteiger partial charge in [0.05, 0.1) is 0 Å². The first kappa shape index (κ1) is 29.4. The minimum absolute atomic E-state index is 0.143. The van der Waals surface area contributed by atoms with Crippen LogP contribution in [0.2, 0.25) is 0 Å². The molecule has 0 radical (unpaired) electrons. The lowest BCUT2D eigenvalue weighted by Crippen LogP contribution is -2.39. The summed E-state index contributed by atoms with van der Waals surface area (Å²) in [5, 5.41) is 0. The monoisotopic (exact) mass is 426 g/mol. The quantitative estimate of drug-likeness (QED) is 0.129. The van der Waals surface area contributed by atoms with E-state index in [1.54, 1.807) is 0 Å². The fourth-order valence-electron chi connectivity index (χ4n) is 5.02. The summed E-state index contributed by atoms with van der Waals surface area (Å²) in [6, 6.07) is 0. The van der Waals surface area contributed by atoms with Crippen molar-refractivity contribution in [2.75, 3.05) is 0 Å². The molecule has 0 aliphatic carbocycles. The second-order valence-corrected chi connectivity index (χ2v) is 11.5. The van der Waals surface area contributed by atoms with E-state index >= 15 is 0 Å². The van der Waals surface area contributed by atoms with Gasteiger partial charge in [-0.1, -0.05) is 150 Å². The van der Waals surface area contributed by atoms with E-state index in [2.05, 4.69) is 34.6 Å². The van der Waals surface area contributed by atoms with Gasteiger partial charge in [-0.2, -0.15) is 12.6 Å². The Balaban J connectivity index is 4.58. The Kier molecular flexibility index (Phi) is 19.3. The second kappa shape index (κ2) is 19.1. The smallest absolute Gasteiger partial charge is 0.0129 e. The maximum Gasteiger partial charge on any atom is 0.0129 e. The van der Waals surface area contributed by atoms with Crippen LogP contribution in [0.4, 0.5) is 0 Å². The van der Waals surface area contributed by atoms with Crippen LogP contribution in [-0.4, -0.2) is 4.75 Å². The van der Waals surface area contributed by atoms with E-state index in [4.69, 9.17) is 12.6 Å². The third-order valence-electron chi connectivity index (χ3n) is 7.32. The zero-order valence-corrected chi connectivity index (χ0v) is 22.2. The molecule has 0 aliphatic rings. The summed E-state index contributed by atoms with van der Waals surface area (Å²) >= 11 is 5.20. The number of unbranched alkanes of at least 4 members (excludes halogenated alkanes) is 15. The molecule has 0 saturated carbocycles. The highest BCUT2D eigenvalue weighted by Crippen LogP contribution is 2.49. The molecule has 0 spiro atoms. The molecule has 0 amide bonds.